The molecule has 10 heteroatoms. The van der Waals surface area contributed by atoms with Gasteiger partial charge < -0.3 is 16.4 Å². The number of nitrogens with zero attached hydrogens (tertiary/aromatic N) is 7. The number of benzene rings is 2. The maximum absolute atomic E-state index is 12.4. The van der Waals surface area contributed by atoms with E-state index in [1.54, 1.807) is 0 Å². The number of nitrogens with two attached hydrogens (primary N) is 2. The molecule has 10 nitrogen and oxygen atoms in total. The lowest BCUT2D eigenvalue weighted by Crippen LogP contribution is -2.49. The second-order valence-corrected chi connectivity index (χ2v) is 11.1. The van der Waals surface area contributed by atoms with Crippen LogP contribution in [-0.2, 0) is 0 Å². The number of hydrogen-bond donors (Lipinski definition) is 2. The first-order valence-corrected chi connectivity index (χ1v) is 14.1. The Hall–Kier alpha value is -4.02. The number of piperazine rings is 1. The van der Waals surface area contributed by atoms with Crippen molar-refractivity contribution in [2.24, 2.45) is 5.73 Å². The van der Waals surface area contributed by atoms with Gasteiger partial charge in [-0.05, 0) is 69.5 Å². The van der Waals surface area contributed by atoms with Gasteiger partial charge in [0.05, 0.1) is 22.8 Å². The molecular formula is C30H37N9O. The fourth-order valence-electron chi connectivity index (χ4n) is 6.25. The summed E-state index contributed by atoms with van der Waals surface area (Å²) in [6.07, 6.45) is 5.94. The summed E-state index contributed by atoms with van der Waals surface area (Å²) in [6.45, 7) is 6.57. The Morgan fingerprint density at radius 3 is 2.30 bits per heavy atom. The average Bonchev–Trinajstić information content (AvgIpc) is 3.35. The van der Waals surface area contributed by atoms with Crippen LogP contribution in [0.3, 0.4) is 0 Å². The SMILES string of the molecule is Cc1cccc(N(C(N)=O)c2ccc(-c3nn(C4CCC(N5CCN(C)CC5)CC4)c4ncnc(N)c34)cc2)c1. The topological polar surface area (TPSA) is 122 Å². The van der Waals surface area contributed by atoms with Crippen LogP contribution in [0, 0.1) is 6.92 Å². The highest BCUT2D eigenvalue weighted by Gasteiger charge is 2.30. The monoisotopic (exact) mass is 539 g/mol. The Kier molecular flexibility index (Phi) is 7.12. The number of nitrogen functional groups attached to an aromatic ring is 1. The Bertz CT molecular complexity index is 1500. The number of hydrogen-bond acceptors (Lipinski definition) is 7. The Labute approximate surface area is 234 Å². The number of primary amides is 1. The summed E-state index contributed by atoms with van der Waals surface area (Å²) in [5.74, 6) is 0.417. The summed E-state index contributed by atoms with van der Waals surface area (Å²) >= 11 is 0. The number of anilines is 3. The van der Waals surface area contributed by atoms with Gasteiger partial charge in [-0.3, -0.25) is 9.80 Å². The van der Waals surface area contributed by atoms with Crippen molar-refractivity contribution in [1.82, 2.24) is 29.5 Å². The van der Waals surface area contributed by atoms with E-state index < -0.39 is 6.03 Å². The molecule has 2 fully saturated rings. The van der Waals surface area contributed by atoms with Crippen LogP contribution in [0.1, 0.15) is 37.3 Å². The number of amides is 2. The number of aromatic nitrogens is 4. The molecule has 2 amide bonds. The maximum atomic E-state index is 12.4. The molecule has 1 saturated carbocycles. The number of likely N-dealkylation sites (N-methyl/N-ethyl adjacent to an activating group) is 1. The van der Waals surface area contributed by atoms with Gasteiger partial charge in [-0.15, -0.1) is 0 Å². The van der Waals surface area contributed by atoms with Crippen LogP contribution >= 0.6 is 0 Å². The van der Waals surface area contributed by atoms with Gasteiger partial charge in [-0.25, -0.2) is 19.4 Å². The summed E-state index contributed by atoms with van der Waals surface area (Å²) in [5, 5.41) is 5.85. The van der Waals surface area contributed by atoms with Crippen molar-refractivity contribution in [1.29, 1.82) is 0 Å². The first-order chi connectivity index (χ1) is 19.4. The zero-order valence-electron chi connectivity index (χ0n) is 23.2. The molecule has 0 spiro atoms. The van der Waals surface area contributed by atoms with Crippen LogP contribution < -0.4 is 16.4 Å². The summed E-state index contributed by atoms with van der Waals surface area (Å²) in [6, 6.07) is 15.7. The highest BCUT2D eigenvalue weighted by Crippen LogP contribution is 2.38. The molecule has 1 aliphatic heterocycles. The molecule has 4 aromatic rings. The minimum atomic E-state index is -0.544. The fourth-order valence-corrected chi connectivity index (χ4v) is 6.25. The van der Waals surface area contributed by atoms with Crippen LogP contribution in [0.4, 0.5) is 22.0 Å². The third-order valence-corrected chi connectivity index (χ3v) is 8.46. The summed E-state index contributed by atoms with van der Waals surface area (Å²) in [5.41, 5.74) is 17.0. The highest BCUT2D eigenvalue weighted by molar-refractivity contribution is 6.00. The number of carbonyl (C=O) groups is 1. The first-order valence-electron chi connectivity index (χ1n) is 14.1. The molecule has 0 radical (unpaired) electrons. The predicted molar refractivity (Wildman–Crippen MR) is 158 cm³/mol. The number of urea groups is 1. The normalized spacial score (nSPS) is 20.6. The summed E-state index contributed by atoms with van der Waals surface area (Å²) < 4.78 is 2.07. The van der Waals surface area contributed by atoms with Crippen molar-refractivity contribution in [3.05, 3.63) is 60.4 Å². The van der Waals surface area contributed by atoms with E-state index in [0.717, 1.165) is 85.4 Å². The Morgan fingerprint density at radius 1 is 0.925 bits per heavy atom. The molecule has 2 aromatic carbocycles. The van der Waals surface area contributed by atoms with Gasteiger partial charge in [-0.2, -0.15) is 5.10 Å². The smallest absolute Gasteiger partial charge is 0.323 e. The molecule has 0 unspecified atom stereocenters. The molecule has 0 bridgehead atoms. The zero-order valence-corrected chi connectivity index (χ0v) is 23.2. The van der Waals surface area contributed by atoms with E-state index in [1.165, 1.54) is 11.2 Å². The van der Waals surface area contributed by atoms with Gasteiger partial charge in [0, 0.05) is 37.8 Å². The van der Waals surface area contributed by atoms with E-state index in [9.17, 15) is 4.79 Å². The van der Waals surface area contributed by atoms with E-state index in [4.69, 9.17) is 16.6 Å². The van der Waals surface area contributed by atoms with Gasteiger partial charge in [0.2, 0.25) is 0 Å². The number of carbonyl (C=O) groups excluding carboxylic acids is 1. The van der Waals surface area contributed by atoms with Crippen LogP contribution in [0.5, 0.6) is 0 Å². The lowest BCUT2D eigenvalue weighted by molar-refractivity contribution is 0.0815. The minimum absolute atomic E-state index is 0.264. The number of rotatable bonds is 5. The van der Waals surface area contributed by atoms with E-state index in [1.807, 2.05) is 55.5 Å². The predicted octanol–water partition coefficient (Wildman–Crippen LogP) is 4.33. The molecule has 4 N–H and O–H groups in total. The molecule has 1 aliphatic carbocycles. The van der Waals surface area contributed by atoms with E-state index in [-0.39, 0.29) is 6.04 Å². The second kappa shape index (κ2) is 10.9. The summed E-state index contributed by atoms with van der Waals surface area (Å²) in [7, 11) is 2.20. The van der Waals surface area contributed by atoms with E-state index in [0.29, 0.717) is 17.5 Å². The molecular weight excluding hydrogens is 502 g/mol. The Morgan fingerprint density at radius 2 is 1.62 bits per heavy atom. The number of fused-ring (bicyclic) bond motifs is 1. The Balaban J connectivity index is 1.28. The number of aryl methyl sites for hydroxylation is 1. The molecule has 208 valence electrons. The van der Waals surface area contributed by atoms with Crippen LogP contribution in [0.2, 0.25) is 0 Å². The molecule has 6 rings (SSSR count). The van der Waals surface area contributed by atoms with Crippen LogP contribution in [-0.4, -0.2) is 74.8 Å². The molecule has 3 heterocycles. The van der Waals surface area contributed by atoms with Crippen molar-refractivity contribution in [3.8, 4) is 11.3 Å². The van der Waals surface area contributed by atoms with Crippen molar-refractivity contribution in [2.45, 2.75) is 44.7 Å². The molecule has 40 heavy (non-hydrogen) atoms. The molecule has 2 aromatic heterocycles. The lowest BCUT2D eigenvalue weighted by atomic mass is 9.90. The average molecular weight is 540 g/mol. The lowest BCUT2D eigenvalue weighted by Gasteiger charge is -2.41. The van der Waals surface area contributed by atoms with E-state index >= 15 is 0 Å². The van der Waals surface area contributed by atoms with Crippen LogP contribution in [0.15, 0.2) is 54.9 Å². The van der Waals surface area contributed by atoms with Gasteiger partial charge in [0.25, 0.3) is 0 Å². The van der Waals surface area contributed by atoms with Gasteiger partial charge >= 0.3 is 6.03 Å². The zero-order chi connectivity index (χ0) is 27.8. The van der Waals surface area contributed by atoms with Gasteiger partial charge in [0.1, 0.15) is 17.8 Å². The van der Waals surface area contributed by atoms with Crippen molar-refractivity contribution in [2.75, 3.05) is 43.9 Å². The third kappa shape index (κ3) is 5.00. The standard InChI is InChI=1S/C30H37N9O/c1-20-4-3-5-25(18-20)38(30(32)40)23-8-6-21(7-9-23)27-26-28(31)33-19-34-29(26)39(35-27)24-12-10-22(11-13-24)37-16-14-36(2)15-17-37/h3-9,18-19,22,24H,10-17H2,1-2H3,(H2,32,40)(H2,31,33,34). The van der Waals surface area contributed by atoms with Gasteiger partial charge in [0.15, 0.2) is 5.65 Å². The van der Waals surface area contributed by atoms with Crippen molar-refractivity contribution in [3.63, 3.8) is 0 Å². The van der Waals surface area contributed by atoms with Crippen molar-refractivity contribution >= 4 is 34.3 Å². The quantitative estimate of drug-likeness (QED) is 0.387. The molecule has 0 atom stereocenters. The second-order valence-electron chi connectivity index (χ2n) is 11.1. The van der Waals surface area contributed by atoms with Crippen LogP contribution in [0.25, 0.3) is 22.3 Å². The van der Waals surface area contributed by atoms with Gasteiger partial charge in [-0.1, -0.05) is 24.3 Å². The molecule has 2 aliphatic rings. The fraction of sp³-hybridized carbons (Fsp3) is 0.400. The molecule has 1 saturated heterocycles. The largest absolute Gasteiger partial charge is 0.383 e. The highest BCUT2D eigenvalue weighted by atomic mass is 16.2. The third-order valence-electron chi connectivity index (χ3n) is 8.46. The minimum Gasteiger partial charge on any atom is -0.383 e. The van der Waals surface area contributed by atoms with Crippen molar-refractivity contribution < 1.29 is 4.79 Å². The summed E-state index contributed by atoms with van der Waals surface area (Å²) in [4.78, 5) is 27.9. The first kappa shape index (κ1) is 26.2. The maximum Gasteiger partial charge on any atom is 0.323 e. The van der Waals surface area contributed by atoms with E-state index in [2.05, 4.69) is 31.5 Å².